The summed E-state index contributed by atoms with van der Waals surface area (Å²) >= 11 is 1.30. The first kappa shape index (κ1) is 18.4. The molecule has 0 bridgehead atoms. The monoisotopic (exact) mass is 372 g/mol. The lowest BCUT2D eigenvalue weighted by Gasteiger charge is -2.14. The molecule has 1 aliphatic rings. The molecule has 0 fully saturated rings. The fourth-order valence-electron chi connectivity index (χ4n) is 2.89. The first-order valence-electron chi connectivity index (χ1n) is 8.88. The number of amides is 1. The molecule has 3 N–H and O–H groups in total. The van der Waals surface area contributed by atoms with E-state index >= 15 is 0 Å². The minimum atomic E-state index is -0.299. The number of aromatic nitrogens is 4. The smallest absolute Gasteiger partial charge is 0.233 e. The molecule has 0 aromatic carbocycles. The van der Waals surface area contributed by atoms with Gasteiger partial charge in [0.2, 0.25) is 11.1 Å². The largest absolute Gasteiger partial charge is 0.355 e. The van der Waals surface area contributed by atoms with Crippen molar-refractivity contribution in [1.29, 1.82) is 0 Å². The van der Waals surface area contributed by atoms with Gasteiger partial charge in [-0.1, -0.05) is 23.4 Å². The van der Waals surface area contributed by atoms with E-state index in [-0.39, 0.29) is 11.2 Å². The Morgan fingerprint density at radius 1 is 1.35 bits per heavy atom. The molecule has 0 saturated carbocycles. The van der Waals surface area contributed by atoms with Crippen LogP contribution < -0.4 is 11.2 Å². The highest BCUT2D eigenvalue weighted by atomic mass is 32.2. The number of hydrogen-bond acceptors (Lipinski definition) is 6. The number of nitrogen functional groups attached to an aromatic ring is 1. The summed E-state index contributed by atoms with van der Waals surface area (Å²) in [5, 5.41) is 11.4. The molecule has 1 aliphatic carbocycles. The molecule has 26 heavy (non-hydrogen) atoms. The van der Waals surface area contributed by atoms with Gasteiger partial charge in [0.15, 0.2) is 5.82 Å². The molecule has 1 unspecified atom stereocenters. The Balaban J connectivity index is 1.52. The van der Waals surface area contributed by atoms with E-state index in [9.17, 15) is 4.79 Å². The predicted octanol–water partition coefficient (Wildman–Crippen LogP) is 2.54. The molecule has 2 heterocycles. The van der Waals surface area contributed by atoms with Crippen molar-refractivity contribution in [3.63, 3.8) is 0 Å². The van der Waals surface area contributed by atoms with Crippen LogP contribution >= 0.6 is 11.8 Å². The van der Waals surface area contributed by atoms with Gasteiger partial charge in [0.05, 0.1) is 5.25 Å². The van der Waals surface area contributed by atoms with E-state index in [2.05, 4.69) is 26.6 Å². The van der Waals surface area contributed by atoms with Gasteiger partial charge < -0.3 is 11.2 Å². The van der Waals surface area contributed by atoms with Gasteiger partial charge in [-0.3, -0.25) is 9.78 Å². The third-order valence-electron chi connectivity index (χ3n) is 4.38. The van der Waals surface area contributed by atoms with Crippen LogP contribution in [0, 0.1) is 0 Å². The highest BCUT2D eigenvalue weighted by molar-refractivity contribution is 8.00. The van der Waals surface area contributed by atoms with Gasteiger partial charge >= 0.3 is 0 Å². The fraction of sp³-hybridized carbons (Fsp3) is 0.444. The number of thioether (sulfide) groups is 1. The van der Waals surface area contributed by atoms with Gasteiger partial charge in [-0.05, 0) is 51.2 Å². The van der Waals surface area contributed by atoms with Crippen molar-refractivity contribution in [2.45, 2.75) is 49.4 Å². The summed E-state index contributed by atoms with van der Waals surface area (Å²) in [6, 6.07) is 3.63. The Kier molecular flexibility index (Phi) is 6.27. The average Bonchev–Trinajstić information content (AvgIpc) is 3.03. The SMILES string of the molecule is CC(Sc1nnc(-c2ccncc2)n1N)C(=O)NCCC1=CCCCC1. The number of rotatable bonds is 7. The maximum Gasteiger partial charge on any atom is 0.233 e. The molecule has 2 aromatic rings. The number of pyridine rings is 1. The zero-order chi connectivity index (χ0) is 18.4. The molecular weight excluding hydrogens is 348 g/mol. The summed E-state index contributed by atoms with van der Waals surface area (Å²) in [6.45, 7) is 2.52. The van der Waals surface area contributed by atoms with E-state index in [0.29, 0.717) is 17.5 Å². The molecule has 1 amide bonds. The summed E-state index contributed by atoms with van der Waals surface area (Å²) in [5.41, 5.74) is 2.29. The number of hydrogen-bond donors (Lipinski definition) is 2. The molecule has 8 heteroatoms. The van der Waals surface area contributed by atoms with Crippen molar-refractivity contribution in [3.05, 3.63) is 36.2 Å². The first-order valence-corrected chi connectivity index (χ1v) is 9.76. The summed E-state index contributed by atoms with van der Waals surface area (Å²) in [6.07, 6.45) is 11.5. The van der Waals surface area contributed by atoms with Crippen LogP contribution in [-0.4, -0.2) is 37.6 Å². The van der Waals surface area contributed by atoms with Gasteiger partial charge in [0.25, 0.3) is 0 Å². The number of nitrogens with one attached hydrogen (secondary N) is 1. The molecule has 0 spiro atoms. The van der Waals surface area contributed by atoms with Gasteiger partial charge in [-0.25, -0.2) is 4.68 Å². The minimum absolute atomic E-state index is 0.0140. The summed E-state index contributed by atoms with van der Waals surface area (Å²) in [4.78, 5) is 16.3. The van der Waals surface area contributed by atoms with Crippen LogP contribution in [-0.2, 0) is 4.79 Å². The highest BCUT2D eigenvalue weighted by Crippen LogP contribution is 2.24. The van der Waals surface area contributed by atoms with Crippen LogP contribution in [0.3, 0.4) is 0 Å². The molecule has 0 radical (unpaired) electrons. The lowest BCUT2D eigenvalue weighted by Crippen LogP contribution is -2.32. The van der Waals surface area contributed by atoms with E-state index < -0.39 is 0 Å². The normalized spacial score (nSPS) is 15.3. The zero-order valence-electron chi connectivity index (χ0n) is 14.9. The van der Waals surface area contributed by atoms with E-state index in [1.54, 1.807) is 12.4 Å². The molecule has 0 aliphatic heterocycles. The average molecular weight is 372 g/mol. The first-order chi connectivity index (χ1) is 12.6. The number of allylic oxidation sites excluding steroid dienone is 1. The Bertz CT molecular complexity index is 773. The quantitative estimate of drug-likeness (QED) is 0.440. The molecule has 2 aromatic heterocycles. The van der Waals surface area contributed by atoms with Crippen molar-refractivity contribution in [1.82, 2.24) is 25.2 Å². The Morgan fingerprint density at radius 3 is 2.88 bits per heavy atom. The van der Waals surface area contributed by atoms with Crippen molar-refractivity contribution >= 4 is 17.7 Å². The standard InChI is InChI=1S/C18H24N6OS/c1-13(17(25)21-12-7-14-5-3-2-4-6-14)26-18-23-22-16(24(18)19)15-8-10-20-11-9-15/h5,8-11,13H,2-4,6-7,12,19H2,1H3,(H,21,25). The van der Waals surface area contributed by atoms with Crippen LogP contribution in [0.2, 0.25) is 0 Å². The summed E-state index contributed by atoms with van der Waals surface area (Å²) in [7, 11) is 0. The minimum Gasteiger partial charge on any atom is -0.355 e. The summed E-state index contributed by atoms with van der Waals surface area (Å²) < 4.78 is 1.41. The lowest BCUT2D eigenvalue weighted by molar-refractivity contribution is -0.120. The van der Waals surface area contributed by atoms with Crippen LogP contribution in [0.1, 0.15) is 39.0 Å². The molecular formula is C18H24N6OS. The number of nitrogens with two attached hydrogens (primary N) is 1. The highest BCUT2D eigenvalue weighted by Gasteiger charge is 2.19. The third kappa shape index (κ3) is 4.63. The third-order valence-corrected chi connectivity index (χ3v) is 5.44. The van der Waals surface area contributed by atoms with Crippen molar-refractivity contribution < 1.29 is 4.79 Å². The maximum absolute atomic E-state index is 12.3. The number of nitrogens with zero attached hydrogens (tertiary/aromatic N) is 4. The Labute approximate surface area is 157 Å². The topological polar surface area (TPSA) is 98.7 Å². The van der Waals surface area contributed by atoms with Gasteiger partial charge in [0.1, 0.15) is 0 Å². The molecule has 3 rings (SSSR count). The second-order valence-electron chi connectivity index (χ2n) is 6.32. The van der Waals surface area contributed by atoms with E-state index in [4.69, 9.17) is 5.84 Å². The van der Waals surface area contributed by atoms with Crippen molar-refractivity contribution in [2.24, 2.45) is 0 Å². The Morgan fingerprint density at radius 2 is 2.15 bits per heavy atom. The van der Waals surface area contributed by atoms with Gasteiger partial charge in [0, 0.05) is 24.5 Å². The zero-order valence-corrected chi connectivity index (χ0v) is 15.7. The van der Waals surface area contributed by atoms with Crippen LogP contribution in [0.25, 0.3) is 11.4 Å². The molecule has 1 atom stereocenters. The predicted molar refractivity (Wildman–Crippen MR) is 103 cm³/mol. The Hall–Kier alpha value is -2.35. The van der Waals surface area contributed by atoms with Crippen LogP contribution in [0.4, 0.5) is 0 Å². The maximum atomic E-state index is 12.3. The van der Waals surface area contributed by atoms with Gasteiger partial charge in [-0.15, -0.1) is 10.2 Å². The van der Waals surface area contributed by atoms with Gasteiger partial charge in [-0.2, -0.15) is 0 Å². The lowest BCUT2D eigenvalue weighted by atomic mass is 9.97. The van der Waals surface area contributed by atoms with Crippen LogP contribution in [0.5, 0.6) is 0 Å². The summed E-state index contributed by atoms with van der Waals surface area (Å²) in [5.74, 6) is 6.63. The molecule has 7 nitrogen and oxygen atoms in total. The second kappa shape index (κ2) is 8.84. The molecule has 0 saturated heterocycles. The van der Waals surface area contributed by atoms with E-state index in [1.807, 2.05) is 19.1 Å². The van der Waals surface area contributed by atoms with E-state index in [0.717, 1.165) is 18.4 Å². The number of carbonyl (C=O) groups excluding carboxylic acids is 1. The van der Waals surface area contributed by atoms with Crippen LogP contribution in [0.15, 0.2) is 41.3 Å². The van der Waals surface area contributed by atoms with Crippen molar-refractivity contribution in [2.75, 3.05) is 12.4 Å². The van der Waals surface area contributed by atoms with Crippen molar-refractivity contribution in [3.8, 4) is 11.4 Å². The fourth-order valence-corrected chi connectivity index (χ4v) is 3.68. The number of carbonyl (C=O) groups is 1. The second-order valence-corrected chi connectivity index (χ2v) is 7.63. The van der Waals surface area contributed by atoms with E-state index in [1.165, 1.54) is 41.3 Å². The molecule has 138 valence electrons.